The Bertz CT molecular complexity index is 666. The predicted molar refractivity (Wildman–Crippen MR) is 83.8 cm³/mol. The van der Waals surface area contributed by atoms with E-state index in [-0.39, 0.29) is 11.8 Å². The lowest BCUT2D eigenvalue weighted by molar-refractivity contribution is -0.137. The van der Waals surface area contributed by atoms with E-state index < -0.39 is 5.60 Å². The smallest absolute Gasteiger partial charge is 0.227 e. The summed E-state index contributed by atoms with van der Waals surface area (Å²) in [5, 5.41) is 21.2. The molecular formula is C16H21N5O2. The highest BCUT2D eigenvalue weighted by atomic mass is 16.3. The van der Waals surface area contributed by atoms with Gasteiger partial charge in [-0.15, -0.1) is 5.10 Å². The number of carbonyl (C=O) groups excluding carboxylic acids is 1. The van der Waals surface area contributed by atoms with Crippen molar-refractivity contribution in [2.75, 3.05) is 13.1 Å². The molecule has 1 saturated heterocycles. The van der Waals surface area contributed by atoms with Crippen LogP contribution in [-0.4, -0.2) is 54.8 Å². The standard InChI is InChI=1S/C16H21N5O2/c1-12-10-20(8-7-16(12,2)23)15(22)9-13-3-5-14(6-4-13)21-11-17-18-19-21/h3-6,11-12,23H,7-10H2,1-2H3/t12-,16+/m1/s1. The van der Waals surface area contributed by atoms with Crippen molar-refractivity contribution in [1.82, 2.24) is 25.1 Å². The van der Waals surface area contributed by atoms with E-state index in [0.717, 1.165) is 11.3 Å². The Kier molecular flexibility index (Phi) is 4.12. The third kappa shape index (κ3) is 3.39. The van der Waals surface area contributed by atoms with Crippen LogP contribution in [0.4, 0.5) is 0 Å². The highest BCUT2D eigenvalue weighted by Gasteiger charge is 2.35. The number of carbonyl (C=O) groups is 1. The fourth-order valence-corrected chi connectivity index (χ4v) is 2.79. The molecule has 0 radical (unpaired) electrons. The number of benzene rings is 1. The monoisotopic (exact) mass is 315 g/mol. The molecule has 7 heteroatoms. The molecule has 122 valence electrons. The van der Waals surface area contributed by atoms with E-state index in [2.05, 4.69) is 15.5 Å². The third-order valence-electron chi connectivity index (χ3n) is 4.70. The van der Waals surface area contributed by atoms with Crippen molar-refractivity contribution >= 4 is 5.91 Å². The summed E-state index contributed by atoms with van der Waals surface area (Å²) in [5.74, 6) is 0.185. The maximum absolute atomic E-state index is 12.4. The topological polar surface area (TPSA) is 84.1 Å². The Balaban J connectivity index is 1.62. The molecule has 7 nitrogen and oxygen atoms in total. The highest BCUT2D eigenvalue weighted by Crippen LogP contribution is 2.27. The van der Waals surface area contributed by atoms with Crippen LogP contribution in [-0.2, 0) is 11.2 Å². The second-order valence-corrected chi connectivity index (χ2v) is 6.45. The minimum absolute atomic E-state index is 0.0855. The number of nitrogens with zero attached hydrogens (tertiary/aromatic N) is 5. The van der Waals surface area contributed by atoms with Crippen LogP contribution in [0.5, 0.6) is 0 Å². The van der Waals surface area contributed by atoms with Gasteiger partial charge in [-0.25, -0.2) is 4.68 Å². The largest absolute Gasteiger partial charge is 0.390 e. The fraction of sp³-hybridized carbons (Fsp3) is 0.500. The fourth-order valence-electron chi connectivity index (χ4n) is 2.79. The first-order chi connectivity index (χ1) is 11.0. The molecule has 0 unspecified atom stereocenters. The predicted octanol–water partition coefficient (Wildman–Crippen LogP) is 0.824. The molecule has 2 atom stereocenters. The van der Waals surface area contributed by atoms with Gasteiger partial charge in [0.1, 0.15) is 6.33 Å². The van der Waals surface area contributed by atoms with Gasteiger partial charge in [-0.3, -0.25) is 4.79 Å². The first-order valence-electron chi connectivity index (χ1n) is 7.78. The van der Waals surface area contributed by atoms with Gasteiger partial charge in [0.15, 0.2) is 0 Å². The number of rotatable bonds is 3. The van der Waals surface area contributed by atoms with E-state index in [9.17, 15) is 9.90 Å². The Morgan fingerprint density at radius 3 is 2.74 bits per heavy atom. The first kappa shape index (κ1) is 15.6. The lowest BCUT2D eigenvalue weighted by Crippen LogP contribution is -2.51. The Labute approximate surface area is 134 Å². The summed E-state index contributed by atoms with van der Waals surface area (Å²) >= 11 is 0. The molecule has 1 aliphatic heterocycles. The summed E-state index contributed by atoms with van der Waals surface area (Å²) < 4.78 is 1.57. The molecule has 1 fully saturated rings. The Hall–Kier alpha value is -2.28. The zero-order chi connectivity index (χ0) is 16.4. The number of piperidine rings is 1. The SMILES string of the molecule is C[C@@H]1CN(C(=O)Cc2ccc(-n3cnnn3)cc2)CC[C@]1(C)O. The average molecular weight is 315 g/mol. The molecule has 0 spiro atoms. The lowest BCUT2D eigenvalue weighted by atomic mass is 9.84. The normalized spacial score (nSPS) is 24.7. The summed E-state index contributed by atoms with van der Waals surface area (Å²) in [6.45, 7) is 5.05. The average Bonchev–Trinajstić information content (AvgIpc) is 3.05. The van der Waals surface area contributed by atoms with Gasteiger partial charge >= 0.3 is 0 Å². The Morgan fingerprint density at radius 2 is 2.13 bits per heavy atom. The summed E-state index contributed by atoms with van der Waals surface area (Å²) in [4.78, 5) is 14.3. The quantitative estimate of drug-likeness (QED) is 0.907. The van der Waals surface area contributed by atoms with Gasteiger partial charge in [0, 0.05) is 19.0 Å². The number of likely N-dealkylation sites (tertiary alicyclic amines) is 1. The van der Waals surface area contributed by atoms with Gasteiger partial charge in [-0.05, 0) is 41.5 Å². The van der Waals surface area contributed by atoms with Crippen LogP contribution in [0.2, 0.25) is 0 Å². The maximum atomic E-state index is 12.4. The molecule has 1 aromatic carbocycles. The molecule has 1 aromatic heterocycles. The van der Waals surface area contributed by atoms with Gasteiger partial charge in [0.05, 0.1) is 17.7 Å². The zero-order valence-electron chi connectivity index (χ0n) is 13.4. The van der Waals surface area contributed by atoms with Crippen molar-refractivity contribution in [2.24, 2.45) is 5.92 Å². The van der Waals surface area contributed by atoms with Crippen LogP contribution in [0.3, 0.4) is 0 Å². The van der Waals surface area contributed by atoms with Crippen LogP contribution >= 0.6 is 0 Å². The molecule has 3 rings (SSSR count). The number of amides is 1. The van der Waals surface area contributed by atoms with Crippen molar-refractivity contribution in [2.45, 2.75) is 32.3 Å². The number of aromatic nitrogens is 4. The molecule has 0 aliphatic carbocycles. The van der Waals surface area contributed by atoms with Crippen molar-refractivity contribution < 1.29 is 9.90 Å². The Morgan fingerprint density at radius 1 is 1.39 bits per heavy atom. The summed E-state index contributed by atoms with van der Waals surface area (Å²) in [6.07, 6.45) is 2.52. The minimum atomic E-state index is -0.676. The molecule has 2 heterocycles. The molecule has 0 bridgehead atoms. The van der Waals surface area contributed by atoms with Crippen LogP contribution in [0.25, 0.3) is 5.69 Å². The lowest BCUT2D eigenvalue weighted by Gasteiger charge is -2.41. The van der Waals surface area contributed by atoms with E-state index in [0.29, 0.717) is 25.9 Å². The molecule has 2 aromatic rings. The van der Waals surface area contributed by atoms with Gasteiger partial charge < -0.3 is 10.0 Å². The highest BCUT2D eigenvalue weighted by molar-refractivity contribution is 5.79. The van der Waals surface area contributed by atoms with E-state index in [1.807, 2.05) is 43.0 Å². The van der Waals surface area contributed by atoms with E-state index in [1.165, 1.54) is 6.33 Å². The second kappa shape index (κ2) is 6.08. The van der Waals surface area contributed by atoms with Gasteiger partial charge in [0.2, 0.25) is 5.91 Å². The molecule has 1 aliphatic rings. The van der Waals surface area contributed by atoms with Crippen molar-refractivity contribution in [3.05, 3.63) is 36.2 Å². The van der Waals surface area contributed by atoms with Crippen molar-refractivity contribution in [3.8, 4) is 5.69 Å². The van der Waals surface area contributed by atoms with Gasteiger partial charge in [-0.1, -0.05) is 19.1 Å². The summed E-state index contributed by atoms with van der Waals surface area (Å²) in [7, 11) is 0. The first-order valence-corrected chi connectivity index (χ1v) is 7.78. The number of hydrogen-bond acceptors (Lipinski definition) is 5. The number of aliphatic hydroxyl groups is 1. The molecule has 1 amide bonds. The zero-order valence-corrected chi connectivity index (χ0v) is 13.4. The van der Waals surface area contributed by atoms with E-state index >= 15 is 0 Å². The minimum Gasteiger partial charge on any atom is -0.390 e. The molecular weight excluding hydrogens is 294 g/mol. The van der Waals surface area contributed by atoms with Crippen LogP contribution in [0.1, 0.15) is 25.8 Å². The van der Waals surface area contributed by atoms with Crippen LogP contribution < -0.4 is 0 Å². The molecule has 23 heavy (non-hydrogen) atoms. The summed E-state index contributed by atoms with van der Waals surface area (Å²) in [5.41, 5.74) is 1.13. The third-order valence-corrected chi connectivity index (χ3v) is 4.70. The molecule has 0 saturated carbocycles. The van der Waals surface area contributed by atoms with Crippen molar-refractivity contribution in [3.63, 3.8) is 0 Å². The number of tetrazole rings is 1. The van der Waals surface area contributed by atoms with E-state index in [4.69, 9.17) is 0 Å². The van der Waals surface area contributed by atoms with Crippen molar-refractivity contribution in [1.29, 1.82) is 0 Å². The van der Waals surface area contributed by atoms with Gasteiger partial charge in [0.25, 0.3) is 0 Å². The van der Waals surface area contributed by atoms with Crippen LogP contribution in [0, 0.1) is 5.92 Å². The van der Waals surface area contributed by atoms with Gasteiger partial charge in [-0.2, -0.15) is 0 Å². The summed E-state index contributed by atoms with van der Waals surface area (Å²) in [6, 6.07) is 7.61. The maximum Gasteiger partial charge on any atom is 0.227 e. The van der Waals surface area contributed by atoms with Crippen LogP contribution in [0.15, 0.2) is 30.6 Å². The number of hydrogen-bond donors (Lipinski definition) is 1. The second-order valence-electron chi connectivity index (χ2n) is 6.45. The molecule has 1 N–H and O–H groups in total. The van der Waals surface area contributed by atoms with E-state index in [1.54, 1.807) is 4.68 Å².